The summed E-state index contributed by atoms with van der Waals surface area (Å²) in [4.78, 5) is 0. The van der Waals surface area contributed by atoms with E-state index in [-0.39, 0.29) is 0 Å². The molecule has 1 aromatic heterocycles. The number of nitrogens with one attached hydrogen (secondary N) is 2. The van der Waals surface area contributed by atoms with Crippen LogP contribution in [0.15, 0.2) is 6.07 Å². The van der Waals surface area contributed by atoms with E-state index >= 15 is 0 Å². The second kappa shape index (κ2) is 6.55. The van der Waals surface area contributed by atoms with Crippen LogP contribution in [0.1, 0.15) is 30.8 Å². The zero-order chi connectivity index (χ0) is 12.0. The molecule has 0 radical (unpaired) electrons. The highest BCUT2D eigenvalue weighted by Crippen LogP contribution is 2.04. The molecule has 0 saturated carbocycles. The van der Waals surface area contributed by atoms with E-state index in [1.807, 2.05) is 13.8 Å². The van der Waals surface area contributed by atoms with Crippen LogP contribution in [0.2, 0.25) is 0 Å². The number of hydrogen-bond donors (Lipinski definition) is 2. The third-order valence-electron chi connectivity index (χ3n) is 2.38. The van der Waals surface area contributed by atoms with Crippen molar-refractivity contribution in [1.29, 1.82) is 0 Å². The lowest BCUT2D eigenvalue weighted by Gasteiger charge is -2.10. The van der Waals surface area contributed by atoms with E-state index in [4.69, 9.17) is 0 Å². The normalized spacial score (nSPS) is 11.1. The summed E-state index contributed by atoms with van der Waals surface area (Å²) in [6, 6.07) is 2.64. The molecule has 0 atom stereocenters. The zero-order valence-corrected chi connectivity index (χ0v) is 10.7. The Morgan fingerprint density at radius 3 is 2.62 bits per heavy atom. The van der Waals surface area contributed by atoms with Gasteiger partial charge in [-0.15, -0.1) is 0 Å². The fourth-order valence-electron chi connectivity index (χ4n) is 1.45. The van der Waals surface area contributed by atoms with E-state index in [9.17, 15) is 0 Å². The molecule has 16 heavy (non-hydrogen) atoms. The molecule has 0 aromatic carbocycles. The topological polar surface area (TPSA) is 49.8 Å². The summed E-state index contributed by atoms with van der Waals surface area (Å²) in [6.45, 7) is 11.1. The minimum absolute atomic E-state index is 0.549. The van der Waals surface area contributed by atoms with E-state index < -0.39 is 0 Å². The Kier molecular flexibility index (Phi) is 5.35. The van der Waals surface area contributed by atoms with E-state index in [1.54, 1.807) is 0 Å². The van der Waals surface area contributed by atoms with Crippen molar-refractivity contribution in [3.8, 4) is 0 Å². The van der Waals surface area contributed by atoms with Crippen LogP contribution in [0.4, 0.5) is 0 Å². The van der Waals surface area contributed by atoms with Crippen molar-refractivity contribution in [2.75, 3.05) is 13.1 Å². The second-order valence-corrected chi connectivity index (χ2v) is 4.38. The van der Waals surface area contributed by atoms with Crippen molar-refractivity contribution >= 4 is 0 Å². The predicted octanol–water partition coefficient (Wildman–Crippen LogP) is 1.18. The van der Waals surface area contributed by atoms with Crippen LogP contribution < -0.4 is 10.6 Å². The molecule has 0 aliphatic carbocycles. The van der Waals surface area contributed by atoms with Gasteiger partial charge in [-0.05, 0) is 25.5 Å². The van der Waals surface area contributed by atoms with Crippen LogP contribution in [-0.2, 0) is 6.54 Å². The minimum atomic E-state index is 0.549. The number of nitrogens with zero attached hydrogens (tertiary/aromatic N) is 2. The van der Waals surface area contributed by atoms with Crippen molar-refractivity contribution in [2.24, 2.45) is 0 Å². The molecule has 1 heterocycles. The van der Waals surface area contributed by atoms with Gasteiger partial charge in [-0.1, -0.05) is 13.8 Å². The van der Waals surface area contributed by atoms with Gasteiger partial charge in [0.2, 0.25) is 0 Å². The lowest BCUT2D eigenvalue weighted by molar-refractivity contribution is 0.554. The first-order valence-electron chi connectivity index (χ1n) is 5.83. The molecule has 0 unspecified atom stereocenters. The van der Waals surface area contributed by atoms with Crippen LogP contribution in [0.3, 0.4) is 0 Å². The van der Waals surface area contributed by atoms with E-state index in [0.29, 0.717) is 6.04 Å². The average Bonchev–Trinajstić information content (AvgIpc) is 2.22. The summed E-state index contributed by atoms with van der Waals surface area (Å²) >= 11 is 0. The van der Waals surface area contributed by atoms with Gasteiger partial charge in [0.1, 0.15) is 0 Å². The maximum absolute atomic E-state index is 4.10. The molecule has 1 rings (SSSR count). The summed E-state index contributed by atoms with van der Waals surface area (Å²) in [5.74, 6) is 0. The fraction of sp³-hybridized carbons (Fsp3) is 0.667. The Bertz CT molecular complexity index is 323. The summed E-state index contributed by atoms with van der Waals surface area (Å²) in [6.07, 6.45) is 0. The van der Waals surface area contributed by atoms with Crippen molar-refractivity contribution < 1.29 is 0 Å². The van der Waals surface area contributed by atoms with Crippen LogP contribution in [-0.4, -0.2) is 29.3 Å². The molecule has 90 valence electrons. The molecule has 0 fully saturated rings. The van der Waals surface area contributed by atoms with E-state index in [2.05, 4.69) is 40.7 Å². The quantitative estimate of drug-likeness (QED) is 0.710. The van der Waals surface area contributed by atoms with Gasteiger partial charge < -0.3 is 10.6 Å². The molecule has 0 aliphatic heterocycles. The first kappa shape index (κ1) is 13.1. The van der Waals surface area contributed by atoms with Crippen molar-refractivity contribution in [2.45, 2.75) is 40.3 Å². The van der Waals surface area contributed by atoms with E-state index in [1.165, 1.54) is 5.56 Å². The maximum atomic E-state index is 4.10. The molecule has 0 amide bonds. The van der Waals surface area contributed by atoms with Gasteiger partial charge >= 0.3 is 0 Å². The molecule has 0 saturated heterocycles. The van der Waals surface area contributed by atoms with Crippen LogP contribution in [0.25, 0.3) is 0 Å². The summed E-state index contributed by atoms with van der Waals surface area (Å²) in [5.41, 5.74) is 3.22. The number of rotatable bonds is 6. The summed E-state index contributed by atoms with van der Waals surface area (Å²) < 4.78 is 0. The monoisotopic (exact) mass is 222 g/mol. The Hall–Kier alpha value is -1.00. The Morgan fingerprint density at radius 2 is 1.94 bits per heavy atom. The predicted molar refractivity (Wildman–Crippen MR) is 66.4 cm³/mol. The highest BCUT2D eigenvalue weighted by molar-refractivity contribution is 5.19. The second-order valence-electron chi connectivity index (χ2n) is 4.38. The smallest absolute Gasteiger partial charge is 0.0645 e. The highest BCUT2D eigenvalue weighted by Gasteiger charge is 2.00. The van der Waals surface area contributed by atoms with Gasteiger partial charge in [0.05, 0.1) is 11.4 Å². The summed E-state index contributed by atoms with van der Waals surface area (Å²) in [5, 5.41) is 14.9. The molecule has 0 aliphatic rings. The highest BCUT2D eigenvalue weighted by atomic mass is 15.1. The first-order chi connectivity index (χ1) is 7.59. The van der Waals surface area contributed by atoms with Crippen molar-refractivity contribution in [3.05, 3.63) is 23.0 Å². The Balaban J connectivity index is 2.29. The van der Waals surface area contributed by atoms with Gasteiger partial charge in [-0.3, -0.25) is 0 Å². The molecular weight excluding hydrogens is 200 g/mol. The number of hydrogen-bond acceptors (Lipinski definition) is 4. The molecular formula is C12H22N4. The zero-order valence-electron chi connectivity index (χ0n) is 10.7. The number of aryl methyl sites for hydroxylation is 2. The molecule has 1 aromatic rings. The third kappa shape index (κ3) is 4.68. The number of aromatic nitrogens is 2. The van der Waals surface area contributed by atoms with Gasteiger partial charge in [0.25, 0.3) is 0 Å². The van der Waals surface area contributed by atoms with Crippen molar-refractivity contribution in [1.82, 2.24) is 20.8 Å². The lowest BCUT2D eigenvalue weighted by atomic mass is 10.2. The van der Waals surface area contributed by atoms with Gasteiger partial charge in [0, 0.05) is 25.7 Å². The SMILES string of the molecule is Cc1cc(CNCCNC(C)C)c(C)nn1. The van der Waals surface area contributed by atoms with Crippen LogP contribution in [0, 0.1) is 13.8 Å². The molecule has 4 nitrogen and oxygen atoms in total. The van der Waals surface area contributed by atoms with Gasteiger partial charge in [-0.25, -0.2) is 0 Å². The van der Waals surface area contributed by atoms with E-state index in [0.717, 1.165) is 31.0 Å². The fourth-order valence-corrected chi connectivity index (χ4v) is 1.45. The minimum Gasteiger partial charge on any atom is -0.313 e. The average molecular weight is 222 g/mol. The summed E-state index contributed by atoms with van der Waals surface area (Å²) in [7, 11) is 0. The molecule has 0 spiro atoms. The van der Waals surface area contributed by atoms with Gasteiger partial charge in [-0.2, -0.15) is 10.2 Å². The van der Waals surface area contributed by atoms with Crippen LogP contribution in [0.5, 0.6) is 0 Å². The van der Waals surface area contributed by atoms with Crippen LogP contribution >= 0.6 is 0 Å². The third-order valence-corrected chi connectivity index (χ3v) is 2.38. The van der Waals surface area contributed by atoms with Gasteiger partial charge in [0.15, 0.2) is 0 Å². The lowest BCUT2D eigenvalue weighted by Crippen LogP contribution is -2.31. The van der Waals surface area contributed by atoms with Crippen molar-refractivity contribution in [3.63, 3.8) is 0 Å². The molecule has 0 bridgehead atoms. The standard InChI is InChI=1S/C12H22N4/c1-9(2)14-6-5-13-8-12-7-10(3)15-16-11(12)4/h7,9,13-14H,5-6,8H2,1-4H3. The first-order valence-corrected chi connectivity index (χ1v) is 5.83. The molecule has 4 heteroatoms. The maximum Gasteiger partial charge on any atom is 0.0645 e. The molecule has 2 N–H and O–H groups in total. The Labute approximate surface area is 97.9 Å². The largest absolute Gasteiger partial charge is 0.313 e. The Morgan fingerprint density at radius 1 is 1.19 bits per heavy atom.